The Labute approximate surface area is 114 Å². The Morgan fingerprint density at radius 1 is 1.32 bits per heavy atom. The molecule has 1 fully saturated rings. The highest BCUT2D eigenvalue weighted by Gasteiger charge is 2.31. The van der Waals surface area contributed by atoms with Crippen LogP contribution in [-0.4, -0.2) is 32.4 Å². The number of nitrogens with two attached hydrogens (primary N) is 1. The third-order valence-corrected chi connectivity index (χ3v) is 5.38. The number of hydrogen-bond donors (Lipinski definition) is 1. The highest BCUT2D eigenvalue weighted by molar-refractivity contribution is 7.89. The Kier molecular flexibility index (Phi) is 4.25. The molecule has 2 rings (SSSR count). The zero-order valence-corrected chi connectivity index (χ0v) is 11.8. The van der Waals surface area contributed by atoms with Gasteiger partial charge < -0.3 is 5.73 Å². The van der Waals surface area contributed by atoms with Crippen molar-refractivity contribution in [3.63, 3.8) is 0 Å². The van der Waals surface area contributed by atoms with Crippen molar-refractivity contribution in [3.8, 4) is 11.8 Å². The molecular weight excluding hydrogens is 260 g/mol. The van der Waals surface area contributed by atoms with Gasteiger partial charge in [0.2, 0.25) is 10.0 Å². The van der Waals surface area contributed by atoms with E-state index in [1.807, 2.05) is 0 Å². The van der Waals surface area contributed by atoms with Crippen molar-refractivity contribution >= 4 is 10.0 Å². The molecule has 0 amide bonds. The smallest absolute Gasteiger partial charge is 0.243 e. The number of benzene rings is 1. The summed E-state index contributed by atoms with van der Waals surface area (Å²) in [6.07, 6.45) is 3.02. The molecule has 1 aliphatic rings. The van der Waals surface area contributed by atoms with E-state index in [0.717, 1.165) is 24.8 Å². The minimum absolute atomic E-state index is 0.154. The van der Waals surface area contributed by atoms with E-state index in [0.29, 0.717) is 11.4 Å². The Balaban J connectivity index is 2.20. The maximum atomic E-state index is 12.4. The quantitative estimate of drug-likeness (QED) is 0.844. The second-order valence-electron chi connectivity index (χ2n) is 4.64. The maximum absolute atomic E-state index is 12.4. The van der Waals surface area contributed by atoms with Gasteiger partial charge in [0.15, 0.2) is 0 Å². The van der Waals surface area contributed by atoms with Crippen LogP contribution in [0.15, 0.2) is 29.2 Å². The van der Waals surface area contributed by atoms with Crippen LogP contribution in [-0.2, 0) is 10.0 Å². The van der Waals surface area contributed by atoms with Crippen LogP contribution in [0.2, 0.25) is 0 Å². The third kappa shape index (κ3) is 2.98. The zero-order valence-electron chi connectivity index (χ0n) is 11.0. The highest BCUT2D eigenvalue weighted by atomic mass is 32.2. The minimum atomic E-state index is -3.38. The van der Waals surface area contributed by atoms with Crippen molar-refractivity contribution in [2.75, 3.05) is 13.6 Å². The van der Waals surface area contributed by atoms with E-state index in [1.165, 1.54) is 4.31 Å². The molecule has 0 spiro atoms. The third-order valence-electron chi connectivity index (χ3n) is 3.46. The average molecular weight is 278 g/mol. The summed E-state index contributed by atoms with van der Waals surface area (Å²) in [6.45, 7) is 0.296. The molecule has 2 N–H and O–H groups in total. The molecule has 0 saturated heterocycles. The predicted molar refractivity (Wildman–Crippen MR) is 75.0 cm³/mol. The average Bonchev–Trinajstić information content (AvgIpc) is 2.34. The Bertz CT molecular complexity index is 593. The SMILES string of the molecule is CN(C1CCC1)S(=O)(=O)c1ccc(C#CCN)cc1. The molecule has 5 heteroatoms. The lowest BCUT2D eigenvalue weighted by Crippen LogP contribution is -2.41. The van der Waals surface area contributed by atoms with Gasteiger partial charge >= 0.3 is 0 Å². The molecule has 0 radical (unpaired) electrons. The van der Waals surface area contributed by atoms with E-state index >= 15 is 0 Å². The van der Waals surface area contributed by atoms with Crippen LogP contribution < -0.4 is 5.73 Å². The van der Waals surface area contributed by atoms with E-state index in [1.54, 1.807) is 31.3 Å². The normalized spacial score (nSPS) is 15.7. The van der Waals surface area contributed by atoms with E-state index in [2.05, 4.69) is 11.8 Å². The van der Waals surface area contributed by atoms with Gasteiger partial charge in [-0.3, -0.25) is 0 Å². The van der Waals surface area contributed by atoms with Crippen molar-refractivity contribution < 1.29 is 8.42 Å². The highest BCUT2D eigenvalue weighted by Crippen LogP contribution is 2.28. The summed E-state index contributed by atoms with van der Waals surface area (Å²) in [5.74, 6) is 5.61. The van der Waals surface area contributed by atoms with Gasteiger partial charge in [-0.25, -0.2) is 8.42 Å². The van der Waals surface area contributed by atoms with Crippen LogP contribution in [0.25, 0.3) is 0 Å². The molecule has 102 valence electrons. The van der Waals surface area contributed by atoms with Crippen LogP contribution >= 0.6 is 0 Å². The van der Waals surface area contributed by atoms with Crippen molar-refractivity contribution in [3.05, 3.63) is 29.8 Å². The topological polar surface area (TPSA) is 63.4 Å². The van der Waals surface area contributed by atoms with Crippen LogP contribution in [0.5, 0.6) is 0 Å². The van der Waals surface area contributed by atoms with Crippen molar-refractivity contribution in [2.45, 2.75) is 30.2 Å². The van der Waals surface area contributed by atoms with Crippen LogP contribution in [0, 0.1) is 11.8 Å². The number of nitrogens with zero attached hydrogens (tertiary/aromatic N) is 1. The molecule has 0 heterocycles. The number of rotatable bonds is 3. The Morgan fingerprint density at radius 2 is 1.95 bits per heavy atom. The van der Waals surface area contributed by atoms with Crippen molar-refractivity contribution in [1.29, 1.82) is 0 Å². The van der Waals surface area contributed by atoms with Crippen molar-refractivity contribution in [2.24, 2.45) is 5.73 Å². The summed E-state index contributed by atoms with van der Waals surface area (Å²) in [7, 11) is -1.72. The van der Waals surface area contributed by atoms with Gasteiger partial charge in [0.05, 0.1) is 11.4 Å². The molecule has 19 heavy (non-hydrogen) atoms. The number of sulfonamides is 1. The van der Waals surface area contributed by atoms with Gasteiger partial charge in [-0.2, -0.15) is 4.31 Å². The molecule has 0 atom stereocenters. The first-order chi connectivity index (χ1) is 9.05. The summed E-state index contributed by atoms with van der Waals surface area (Å²) in [4.78, 5) is 0.320. The molecule has 0 aliphatic heterocycles. The lowest BCUT2D eigenvalue weighted by atomic mass is 9.94. The van der Waals surface area contributed by atoms with E-state index < -0.39 is 10.0 Å². The van der Waals surface area contributed by atoms with Crippen LogP contribution in [0.3, 0.4) is 0 Å². The summed E-state index contributed by atoms with van der Waals surface area (Å²) in [6, 6.07) is 6.78. The van der Waals surface area contributed by atoms with E-state index in [4.69, 9.17) is 5.73 Å². The molecule has 1 saturated carbocycles. The second-order valence-corrected chi connectivity index (χ2v) is 6.63. The second kappa shape index (κ2) is 5.74. The fourth-order valence-electron chi connectivity index (χ4n) is 1.98. The lowest BCUT2D eigenvalue weighted by Gasteiger charge is -2.33. The van der Waals surface area contributed by atoms with Gasteiger partial charge in [-0.15, -0.1) is 0 Å². The first kappa shape index (κ1) is 14.1. The summed E-state index contributed by atoms with van der Waals surface area (Å²) < 4.78 is 26.2. The van der Waals surface area contributed by atoms with Gasteiger partial charge in [-0.1, -0.05) is 18.3 Å². The first-order valence-electron chi connectivity index (χ1n) is 6.33. The molecule has 1 aliphatic carbocycles. The summed E-state index contributed by atoms with van der Waals surface area (Å²) in [5, 5.41) is 0. The van der Waals surface area contributed by atoms with Gasteiger partial charge in [0.1, 0.15) is 0 Å². The molecule has 0 bridgehead atoms. The van der Waals surface area contributed by atoms with E-state index in [9.17, 15) is 8.42 Å². The molecule has 0 unspecified atom stereocenters. The van der Waals surface area contributed by atoms with Gasteiger partial charge in [-0.05, 0) is 37.1 Å². The minimum Gasteiger partial charge on any atom is -0.320 e. The molecular formula is C14H18N2O2S. The summed E-state index contributed by atoms with van der Waals surface area (Å²) >= 11 is 0. The first-order valence-corrected chi connectivity index (χ1v) is 7.77. The summed E-state index contributed by atoms with van der Waals surface area (Å²) in [5.41, 5.74) is 6.07. The van der Waals surface area contributed by atoms with Gasteiger partial charge in [0, 0.05) is 18.7 Å². The Hall–Kier alpha value is -1.35. The van der Waals surface area contributed by atoms with E-state index in [-0.39, 0.29) is 6.04 Å². The molecule has 4 nitrogen and oxygen atoms in total. The molecule has 0 aromatic heterocycles. The Morgan fingerprint density at radius 3 is 2.42 bits per heavy atom. The fraction of sp³-hybridized carbons (Fsp3) is 0.429. The van der Waals surface area contributed by atoms with Crippen LogP contribution in [0.4, 0.5) is 0 Å². The predicted octanol–water partition coefficient (Wildman–Crippen LogP) is 1.17. The maximum Gasteiger partial charge on any atom is 0.243 e. The lowest BCUT2D eigenvalue weighted by molar-refractivity contribution is 0.249. The van der Waals surface area contributed by atoms with Crippen LogP contribution in [0.1, 0.15) is 24.8 Å². The van der Waals surface area contributed by atoms with Crippen molar-refractivity contribution in [1.82, 2.24) is 4.31 Å². The monoisotopic (exact) mass is 278 g/mol. The fourth-order valence-corrected chi connectivity index (χ4v) is 3.39. The molecule has 1 aromatic carbocycles. The molecule has 1 aromatic rings. The standard InChI is InChI=1S/C14H18N2O2S/c1-16(13-5-2-6-13)19(17,18)14-9-7-12(8-10-14)4-3-11-15/h7-10,13H,2,5-6,11,15H2,1H3. The largest absolute Gasteiger partial charge is 0.320 e. The zero-order chi connectivity index (χ0) is 13.9. The number of hydrogen-bond acceptors (Lipinski definition) is 3. The van der Waals surface area contributed by atoms with Gasteiger partial charge in [0.25, 0.3) is 0 Å².